The van der Waals surface area contributed by atoms with Gasteiger partial charge in [0.1, 0.15) is 5.39 Å². The Kier molecular flexibility index (Phi) is 4.83. The molecule has 0 aliphatic carbocycles. The lowest BCUT2D eigenvalue weighted by molar-refractivity contribution is 0.102. The van der Waals surface area contributed by atoms with Crippen LogP contribution in [0.4, 0.5) is 0 Å². The van der Waals surface area contributed by atoms with Gasteiger partial charge in [0.05, 0.1) is 17.6 Å². The summed E-state index contributed by atoms with van der Waals surface area (Å²) in [7, 11) is 0. The number of carbonyl (C=O) groups is 1. The number of aromatic nitrogens is 4. The van der Waals surface area contributed by atoms with Crippen molar-refractivity contribution >= 4 is 28.6 Å². The molecule has 0 amide bonds. The van der Waals surface area contributed by atoms with E-state index in [9.17, 15) is 9.59 Å². The van der Waals surface area contributed by atoms with Gasteiger partial charge in [0.15, 0.2) is 16.6 Å². The molecule has 4 rings (SSSR count). The standard InChI is InChI=1S/C21H18N4O2S/c1-13-8-9-16(10-14(13)2)25-19-17(11-22-25)20(27)24-21(23-19)28-12-18(26)15-6-4-3-5-7-15/h3-11H,12H2,1-2H3,(H,23,24,27). The molecule has 0 bridgehead atoms. The van der Waals surface area contributed by atoms with E-state index >= 15 is 0 Å². The van der Waals surface area contributed by atoms with Gasteiger partial charge in [0, 0.05) is 5.56 Å². The Balaban J connectivity index is 1.66. The first kappa shape index (κ1) is 18.2. The van der Waals surface area contributed by atoms with E-state index in [1.807, 2.05) is 50.2 Å². The number of hydrogen-bond donors (Lipinski definition) is 1. The lowest BCUT2D eigenvalue weighted by Crippen LogP contribution is -2.11. The topological polar surface area (TPSA) is 80.6 Å². The monoisotopic (exact) mass is 390 g/mol. The molecule has 0 saturated heterocycles. The third kappa shape index (κ3) is 3.48. The van der Waals surface area contributed by atoms with Gasteiger partial charge in [0.2, 0.25) is 0 Å². The van der Waals surface area contributed by atoms with E-state index in [2.05, 4.69) is 15.1 Å². The molecule has 7 heteroatoms. The Morgan fingerprint density at radius 2 is 1.89 bits per heavy atom. The number of H-pyrrole nitrogens is 1. The van der Waals surface area contributed by atoms with Crippen LogP contribution in [0.3, 0.4) is 0 Å². The first-order chi connectivity index (χ1) is 13.5. The molecule has 0 aliphatic heterocycles. The van der Waals surface area contributed by atoms with Gasteiger partial charge in [0.25, 0.3) is 5.56 Å². The molecule has 28 heavy (non-hydrogen) atoms. The maximum Gasteiger partial charge on any atom is 0.262 e. The number of rotatable bonds is 5. The molecule has 0 atom stereocenters. The van der Waals surface area contributed by atoms with Gasteiger partial charge < -0.3 is 4.98 Å². The van der Waals surface area contributed by atoms with Gasteiger partial charge >= 0.3 is 0 Å². The number of nitrogens with zero attached hydrogens (tertiary/aromatic N) is 3. The number of hydrogen-bond acceptors (Lipinski definition) is 5. The van der Waals surface area contributed by atoms with Crippen molar-refractivity contribution in [3.8, 4) is 5.69 Å². The van der Waals surface area contributed by atoms with Crippen molar-refractivity contribution in [2.45, 2.75) is 19.0 Å². The van der Waals surface area contributed by atoms with E-state index in [1.54, 1.807) is 16.8 Å². The summed E-state index contributed by atoms with van der Waals surface area (Å²) < 4.78 is 1.65. The van der Waals surface area contributed by atoms with Crippen LogP contribution < -0.4 is 5.56 Å². The Bertz CT molecular complexity index is 1230. The summed E-state index contributed by atoms with van der Waals surface area (Å²) in [6.45, 7) is 4.07. The number of carbonyl (C=O) groups excluding carboxylic acids is 1. The number of ketones is 1. The second-order valence-electron chi connectivity index (χ2n) is 6.51. The van der Waals surface area contributed by atoms with Gasteiger partial charge in [-0.1, -0.05) is 48.2 Å². The van der Waals surface area contributed by atoms with Crippen molar-refractivity contribution < 1.29 is 4.79 Å². The number of benzene rings is 2. The SMILES string of the molecule is Cc1ccc(-n2ncc3c(=O)[nH]c(SCC(=O)c4ccccc4)nc32)cc1C. The molecule has 0 fully saturated rings. The second-order valence-corrected chi connectivity index (χ2v) is 7.48. The van der Waals surface area contributed by atoms with Crippen molar-refractivity contribution in [1.82, 2.24) is 19.7 Å². The summed E-state index contributed by atoms with van der Waals surface area (Å²) in [4.78, 5) is 32.0. The smallest absolute Gasteiger partial charge is 0.262 e. The molecular weight excluding hydrogens is 372 g/mol. The normalized spacial score (nSPS) is 11.1. The fraction of sp³-hybridized carbons (Fsp3) is 0.143. The molecule has 6 nitrogen and oxygen atoms in total. The average Bonchev–Trinajstić information content (AvgIpc) is 3.13. The van der Waals surface area contributed by atoms with Gasteiger partial charge in [-0.05, 0) is 37.1 Å². The molecule has 0 unspecified atom stereocenters. The predicted octanol–water partition coefficient (Wildman–Crippen LogP) is 3.70. The molecule has 2 heterocycles. The quantitative estimate of drug-likeness (QED) is 0.319. The lowest BCUT2D eigenvalue weighted by atomic mass is 10.1. The highest BCUT2D eigenvalue weighted by atomic mass is 32.2. The number of aryl methyl sites for hydroxylation is 2. The summed E-state index contributed by atoms with van der Waals surface area (Å²) in [6, 6.07) is 15.0. The van der Waals surface area contributed by atoms with E-state index in [0.717, 1.165) is 11.3 Å². The van der Waals surface area contributed by atoms with E-state index < -0.39 is 0 Å². The van der Waals surface area contributed by atoms with E-state index in [1.165, 1.54) is 23.5 Å². The maximum atomic E-state index is 12.4. The zero-order valence-electron chi connectivity index (χ0n) is 15.5. The summed E-state index contributed by atoms with van der Waals surface area (Å²) in [5.74, 6) is 0.173. The lowest BCUT2D eigenvalue weighted by Gasteiger charge is -2.07. The van der Waals surface area contributed by atoms with Crippen LogP contribution in [0.1, 0.15) is 21.5 Å². The number of nitrogens with one attached hydrogen (secondary N) is 1. The van der Waals surface area contributed by atoms with Crippen molar-refractivity contribution in [3.05, 3.63) is 81.8 Å². The average molecular weight is 390 g/mol. The molecule has 0 spiro atoms. The van der Waals surface area contributed by atoms with Crippen LogP contribution in [-0.2, 0) is 0 Å². The van der Waals surface area contributed by atoms with E-state index in [-0.39, 0.29) is 17.1 Å². The first-order valence-corrected chi connectivity index (χ1v) is 9.78. The van der Waals surface area contributed by atoms with E-state index in [4.69, 9.17) is 0 Å². The number of thioether (sulfide) groups is 1. The molecule has 0 saturated carbocycles. The third-order valence-corrected chi connectivity index (χ3v) is 5.46. The summed E-state index contributed by atoms with van der Waals surface area (Å²) in [5.41, 5.74) is 4.00. The molecule has 2 aromatic heterocycles. The Hall–Kier alpha value is -3.19. The summed E-state index contributed by atoms with van der Waals surface area (Å²) >= 11 is 1.21. The summed E-state index contributed by atoms with van der Waals surface area (Å²) in [5, 5.41) is 5.15. The van der Waals surface area contributed by atoms with Crippen molar-refractivity contribution in [3.63, 3.8) is 0 Å². The molecule has 4 aromatic rings. The number of aromatic amines is 1. The molecular formula is C21H18N4O2S. The number of fused-ring (bicyclic) bond motifs is 1. The van der Waals surface area contributed by atoms with Crippen molar-refractivity contribution in [2.24, 2.45) is 0 Å². The molecule has 1 N–H and O–H groups in total. The Morgan fingerprint density at radius 3 is 2.64 bits per heavy atom. The molecule has 0 radical (unpaired) electrons. The van der Waals surface area contributed by atoms with Crippen LogP contribution in [0.25, 0.3) is 16.7 Å². The highest BCUT2D eigenvalue weighted by molar-refractivity contribution is 7.99. The van der Waals surface area contributed by atoms with E-state index in [0.29, 0.717) is 21.8 Å². The van der Waals surface area contributed by atoms with Crippen LogP contribution in [0.2, 0.25) is 0 Å². The largest absolute Gasteiger partial charge is 0.301 e. The first-order valence-electron chi connectivity index (χ1n) is 8.79. The predicted molar refractivity (Wildman–Crippen MR) is 110 cm³/mol. The highest BCUT2D eigenvalue weighted by Gasteiger charge is 2.14. The van der Waals surface area contributed by atoms with Gasteiger partial charge in [-0.2, -0.15) is 5.10 Å². The third-order valence-electron chi connectivity index (χ3n) is 4.59. The maximum absolute atomic E-state index is 12.4. The van der Waals surface area contributed by atoms with Crippen LogP contribution in [-0.4, -0.2) is 31.3 Å². The van der Waals surface area contributed by atoms with Gasteiger partial charge in [-0.3, -0.25) is 9.59 Å². The Morgan fingerprint density at radius 1 is 1.11 bits per heavy atom. The summed E-state index contributed by atoms with van der Waals surface area (Å²) in [6.07, 6.45) is 1.51. The zero-order valence-corrected chi connectivity index (χ0v) is 16.3. The fourth-order valence-electron chi connectivity index (χ4n) is 2.85. The minimum atomic E-state index is -0.269. The minimum Gasteiger partial charge on any atom is -0.301 e. The van der Waals surface area contributed by atoms with Crippen molar-refractivity contribution in [2.75, 3.05) is 5.75 Å². The van der Waals surface area contributed by atoms with Gasteiger partial charge in [-0.25, -0.2) is 9.67 Å². The highest BCUT2D eigenvalue weighted by Crippen LogP contribution is 2.20. The fourth-order valence-corrected chi connectivity index (χ4v) is 3.60. The van der Waals surface area contributed by atoms with Crippen LogP contribution in [0, 0.1) is 13.8 Å². The van der Waals surface area contributed by atoms with Crippen LogP contribution in [0.15, 0.2) is 64.7 Å². The van der Waals surface area contributed by atoms with Crippen molar-refractivity contribution in [1.29, 1.82) is 0 Å². The second kappa shape index (κ2) is 7.44. The van der Waals surface area contributed by atoms with Crippen LogP contribution in [0.5, 0.6) is 0 Å². The zero-order chi connectivity index (χ0) is 19.7. The van der Waals surface area contributed by atoms with Crippen LogP contribution >= 0.6 is 11.8 Å². The number of Topliss-reactive ketones (excluding diaryl/α,β-unsaturated/α-hetero) is 1. The molecule has 140 valence electrons. The van der Waals surface area contributed by atoms with Gasteiger partial charge in [-0.15, -0.1) is 0 Å². The Labute approximate surface area is 165 Å². The molecule has 2 aromatic carbocycles. The minimum absolute atomic E-state index is 0.0176. The molecule has 0 aliphatic rings.